The molecule has 0 bridgehead atoms. The van der Waals surface area contributed by atoms with Gasteiger partial charge in [-0.2, -0.15) is 0 Å². The molecule has 0 unspecified atom stereocenters. The monoisotopic (exact) mass is 627 g/mol. The molecule has 4 heteroatoms. The number of allylic oxidation sites excluding steroid dienone is 2. The van der Waals surface area contributed by atoms with Gasteiger partial charge in [-0.1, -0.05) is 147 Å². The summed E-state index contributed by atoms with van der Waals surface area (Å²) in [6, 6.07) is 50.6. The summed E-state index contributed by atoms with van der Waals surface area (Å²) in [5, 5.41) is 7.03. The average Bonchev–Trinajstić information content (AvgIpc) is 3.55. The van der Waals surface area contributed by atoms with Crippen LogP contribution in [0.4, 0.5) is 0 Å². The Morgan fingerprint density at radius 2 is 0.939 bits per heavy atom. The van der Waals surface area contributed by atoms with Crippen LogP contribution < -0.4 is 0 Å². The lowest BCUT2D eigenvalue weighted by Crippen LogP contribution is -2.01. The van der Waals surface area contributed by atoms with E-state index in [1.807, 2.05) is 42.5 Å². The maximum Gasteiger partial charge on any atom is 0.164 e. The molecule has 0 spiro atoms. The first kappa shape index (κ1) is 28.6. The highest BCUT2D eigenvalue weighted by Crippen LogP contribution is 2.45. The molecule has 2 aromatic heterocycles. The largest absolute Gasteiger partial charge is 0.456 e. The predicted octanol–water partition coefficient (Wildman–Crippen LogP) is 11.9. The molecule has 7 aromatic carbocycles. The van der Waals surface area contributed by atoms with E-state index in [0.717, 1.165) is 49.8 Å². The van der Waals surface area contributed by atoms with E-state index in [9.17, 15) is 0 Å². The molecule has 49 heavy (non-hydrogen) atoms. The van der Waals surface area contributed by atoms with E-state index in [4.69, 9.17) is 19.4 Å². The molecule has 0 saturated heterocycles. The minimum absolute atomic E-state index is 0.506. The van der Waals surface area contributed by atoms with Gasteiger partial charge in [-0.05, 0) is 62.0 Å². The van der Waals surface area contributed by atoms with Crippen LogP contribution in [-0.4, -0.2) is 15.0 Å². The molecule has 0 aliphatic heterocycles. The number of nitrogens with zero attached hydrogens (tertiary/aromatic N) is 3. The molecule has 0 amide bonds. The second-order valence-corrected chi connectivity index (χ2v) is 12.1. The van der Waals surface area contributed by atoms with E-state index in [1.54, 1.807) is 6.08 Å². The maximum atomic E-state index is 6.37. The molecule has 0 saturated carbocycles. The van der Waals surface area contributed by atoms with E-state index >= 15 is 0 Å². The third-order valence-corrected chi connectivity index (χ3v) is 9.23. The highest BCUT2D eigenvalue weighted by Gasteiger charge is 2.19. The van der Waals surface area contributed by atoms with Crippen LogP contribution in [0.2, 0.25) is 0 Å². The van der Waals surface area contributed by atoms with Crippen LogP contribution in [0.5, 0.6) is 0 Å². The van der Waals surface area contributed by atoms with Crippen LogP contribution >= 0.6 is 0 Å². The fourth-order valence-electron chi connectivity index (χ4n) is 6.86. The van der Waals surface area contributed by atoms with Crippen LogP contribution in [0, 0.1) is 0 Å². The van der Waals surface area contributed by atoms with Crippen molar-refractivity contribution in [1.82, 2.24) is 15.0 Å². The molecule has 0 aliphatic carbocycles. The highest BCUT2D eigenvalue weighted by atomic mass is 16.3. The summed E-state index contributed by atoms with van der Waals surface area (Å²) in [5.41, 5.74) is 8.74. The summed E-state index contributed by atoms with van der Waals surface area (Å²) in [7, 11) is 0. The minimum atomic E-state index is 0.506. The number of para-hydroxylation sites is 1. The lowest BCUT2D eigenvalue weighted by Gasteiger charge is -2.19. The highest BCUT2D eigenvalue weighted by molar-refractivity contribution is 6.22. The summed E-state index contributed by atoms with van der Waals surface area (Å²) >= 11 is 0. The van der Waals surface area contributed by atoms with E-state index < -0.39 is 0 Å². The lowest BCUT2D eigenvalue weighted by molar-refractivity contribution is 0.669. The summed E-state index contributed by atoms with van der Waals surface area (Å²) in [5.74, 6) is 1.68. The second-order valence-electron chi connectivity index (χ2n) is 12.1. The average molecular weight is 628 g/mol. The van der Waals surface area contributed by atoms with Crippen molar-refractivity contribution in [1.29, 1.82) is 0 Å². The van der Waals surface area contributed by atoms with E-state index in [0.29, 0.717) is 23.0 Å². The van der Waals surface area contributed by atoms with E-state index in [-0.39, 0.29) is 0 Å². The third-order valence-electron chi connectivity index (χ3n) is 9.23. The molecular formula is C45H29N3O. The Balaban J connectivity index is 1.26. The Morgan fingerprint density at radius 3 is 1.59 bits per heavy atom. The third kappa shape index (κ3) is 4.81. The molecule has 230 valence electrons. The van der Waals surface area contributed by atoms with Gasteiger partial charge in [0, 0.05) is 27.5 Å². The van der Waals surface area contributed by atoms with Crippen LogP contribution in [-0.2, 0) is 0 Å². The van der Waals surface area contributed by atoms with Crippen molar-refractivity contribution in [2.45, 2.75) is 0 Å². The summed E-state index contributed by atoms with van der Waals surface area (Å²) < 4.78 is 6.37. The molecule has 4 nitrogen and oxygen atoms in total. The normalized spacial score (nSPS) is 11.4. The lowest BCUT2D eigenvalue weighted by atomic mass is 9.84. The van der Waals surface area contributed by atoms with E-state index in [1.165, 1.54) is 27.1 Å². The summed E-state index contributed by atoms with van der Waals surface area (Å²) in [6.45, 7) is 8.00. The molecule has 0 atom stereocenters. The number of hydrogen-bond donors (Lipinski definition) is 0. The van der Waals surface area contributed by atoms with Crippen molar-refractivity contribution in [3.63, 3.8) is 0 Å². The summed E-state index contributed by atoms with van der Waals surface area (Å²) in [4.78, 5) is 14.4. The second kappa shape index (κ2) is 11.5. The Kier molecular flexibility index (Phi) is 6.73. The van der Waals surface area contributed by atoms with Gasteiger partial charge in [0.25, 0.3) is 0 Å². The zero-order valence-electron chi connectivity index (χ0n) is 26.6. The number of rotatable bonds is 6. The zero-order valence-corrected chi connectivity index (χ0v) is 26.6. The molecule has 0 N–H and O–H groups in total. The van der Waals surface area contributed by atoms with Crippen molar-refractivity contribution in [3.8, 4) is 45.0 Å². The molecule has 0 radical (unpaired) electrons. The van der Waals surface area contributed by atoms with Gasteiger partial charge in [0.15, 0.2) is 17.5 Å². The van der Waals surface area contributed by atoms with Crippen molar-refractivity contribution >= 4 is 49.1 Å². The van der Waals surface area contributed by atoms with Crippen molar-refractivity contribution < 1.29 is 4.42 Å². The van der Waals surface area contributed by atoms with Crippen molar-refractivity contribution in [2.75, 3.05) is 0 Å². The molecule has 0 aliphatic rings. The number of fused-ring (bicyclic) bond motifs is 6. The Bertz CT molecular complexity index is 2740. The van der Waals surface area contributed by atoms with Gasteiger partial charge in [-0.3, -0.25) is 0 Å². The van der Waals surface area contributed by atoms with Gasteiger partial charge in [-0.25, -0.2) is 15.0 Å². The number of furan rings is 1. The van der Waals surface area contributed by atoms with Crippen molar-refractivity contribution in [2.24, 2.45) is 0 Å². The first-order valence-corrected chi connectivity index (χ1v) is 16.3. The SMILES string of the molecule is C=CC(=C)c1nc(-c2ccccc2)nc(-c2ccc(-c3c(-c4ccc5c(c4)oc4ccccc45)c4ccccc4c4ccccc34)cc2)n1. The molecule has 0 fully saturated rings. The van der Waals surface area contributed by atoms with Crippen LogP contribution in [0.15, 0.2) is 169 Å². The smallest absolute Gasteiger partial charge is 0.164 e. The standard InChI is InChI=1S/C45H29N3O/c1-3-28(2)43-46-44(30-13-5-4-6-14-30)48-45(47-43)31-23-21-29(22-24-31)41-37-18-9-7-15-33(37)34-16-8-10-19-38(34)42(41)32-25-26-36-35-17-11-12-20-39(35)49-40(36)27-32/h3-27H,1-2H2. The van der Waals surface area contributed by atoms with Gasteiger partial charge in [0.2, 0.25) is 0 Å². The van der Waals surface area contributed by atoms with Crippen LogP contribution in [0.1, 0.15) is 5.82 Å². The van der Waals surface area contributed by atoms with Crippen LogP contribution in [0.25, 0.3) is 94.1 Å². The number of aromatic nitrogens is 3. The zero-order chi connectivity index (χ0) is 32.9. The topological polar surface area (TPSA) is 51.8 Å². The van der Waals surface area contributed by atoms with Crippen LogP contribution in [0.3, 0.4) is 0 Å². The molecule has 2 heterocycles. The Morgan fingerprint density at radius 1 is 0.449 bits per heavy atom. The quantitative estimate of drug-likeness (QED) is 0.136. The first-order chi connectivity index (χ1) is 24.2. The summed E-state index contributed by atoms with van der Waals surface area (Å²) in [6.07, 6.45) is 1.67. The van der Waals surface area contributed by atoms with E-state index in [2.05, 4.69) is 116 Å². The Labute approximate surface area is 283 Å². The van der Waals surface area contributed by atoms with Gasteiger partial charge < -0.3 is 4.42 Å². The van der Waals surface area contributed by atoms with Gasteiger partial charge in [0.1, 0.15) is 11.2 Å². The molecule has 9 aromatic rings. The number of hydrogen-bond acceptors (Lipinski definition) is 4. The predicted molar refractivity (Wildman–Crippen MR) is 203 cm³/mol. The van der Waals surface area contributed by atoms with Gasteiger partial charge in [-0.15, -0.1) is 0 Å². The van der Waals surface area contributed by atoms with Crippen molar-refractivity contribution in [3.05, 3.63) is 171 Å². The fraction of sp³-hybridized carbons (Fsp3) is 0. The minimum Gasteiger partial charge on any atom is -0.456 e. The molecule has 9 rings (SSSR count). The Hall–Kier alpha value is -6.65. The first-order valence-electron chi connectivity index (χ1n) is 16.3. The molecular weight excluding hydrogens is 599 g/mol. The number of benzene rings is 7. The van der Waals surface area contributed by atoms with Gasteiger partial charge >= 0.3 is 0 Å². The fourth-order valence-corrected chi connectivity index (χ4v) is 6.86. The maximum absolute atomic E-state index is 6.37. The van der Waals surface area contributed by atoms with Gasteiger partial charge in [0.05, 0.1) is 0 Å².